The molecule has 6 nitrogen and oxygen atoms in total. The van der Waals surface area contributed by atoms with Crippen LogP contribution in [0.25, 0.3) is 0 Å². The lowest BCUT2D eigenvalue weighted by molar-refractivity contribution is 0.00545. The quantitative estimate of drug-likeness (QED) is 0.549. The molecular formula is C22H36N4O2S. The average molecular weight is 421 g/mol. The molecule has 2 fully saturated rings. The summed E-state index contributed by atoms with van der Waals surface area (Å²) in [6.45, 7) is 11.7. The van der Waals surface area contributed by atoms with Gasteiger partial charge in [-0.05, 0) is 75.8 Å². The summed E-state index contributed by atoms with van der Waals surface area (Å²) in [5.74, 6) is 1.28. The van der Waals surface area contributed by atoms with Gasteiger partial charge in [0.25, 0.3) is 0 Å². The summed E-state index contributed by atoms with van der Waals surface area (Å²) in [5, 5.41) is 11.3. The Morgan fingerprint density at radius 1 is 1.34 bits per heavy atom. The van der Waals surface area contributed by atoms with Gasteiger partial charge in [0, 0.05) is 37.1 Å². The molecule has 0 radical (unpaired) electrons. The number of fused-ring (bicyclic) bond motifs is 2. The number of ether oxygens (including phenoxy) is 1. The number of nitrogens with zero attached hydrogens (tertiary/aromatic N) is 2. The van der Waals surface area contributed by atoms with E-state index in [4.69, 9.17) is 9.73 Å². The molecule has 2 aliphatic rings. The molecule has 2 bridgehead atoms. The van der Waals surface area contributed by atoms with Gasteiger partial charge in [0.2, 0.25) is 0 Å². The second kappa shape index (κ2) is 9.37. The van der Waals surface area contributed by atoms with Gasteiger partial charge >= 0.3 is 6.09 Å². The molecule has 29 heavy (non-hydrogen) atoms. The predicted octanol–water partition coefficient (Wildman–Crippen LogP) is 4.34. The van der Waals surface area contributed by atoms with Crippen molar-refractivity contribution in [3.63, 3.8) is 0 Å². The van der Waals surface area contributed by atoms with Gasteiger partial charge in [-0.15, -0.1) is 0 Å². The fourth-order valence-corrected chi connectivity index (χ4v) is 5.09. The van der Waals surface area contributed by atoms with Crippen LogP contribution >= 0.6 is 11.3 Å². The maximum absolute atomic E-state index is 12.6. The van der Waals surface area contributed by atoms with Crippen LogP contribution in [0.15, 0.2) is 21.8 Å². The lowest BCUT2D eigenvalue weighted by Gasteiger charge is -2.40. The minimum absolute atomic E-state index is 0.159. The summed E-state index contributed by atoms with van der Waals surface area (Å²) < 4.78 is 5.64. The molecule has 2 saturated heterocycles. The van der Waals surface area contributed by atoms with Gasteiger partial charge in [-0.3, -0.25) is 4.99 Å². The van der Waals surface area contributed by atoms with Gasteiger partial charge in [-0.25, -0.2) is 4.79 Å². The molecule has 3 unspecified atom stereocenters. The highest BCUT2D eigenvalue weighted by atomic mass is 32.1. The van der Waals surface area contributed by atoms with Crippen LogP contribution in [-0.2, 0) is 4.74 Å². The van der Waals surface area contributed by atoms with Crippen LogP contribution in [0, 0.1) is 0 Å². The van der Waals surface area contributed by atoms with Crippen LogP contribution in [-0.4, -0.2) is 53.8 Å². The van der Waals surface area contributed by atoms with Gasteiger partial charge in [0.1, 0.15) is 5.60 Å². The molecule has 0 aromatic carbocycles. The molecular weight excluding hydrogens is 384 g/mol. The zero-order chi connectivity index (χ0) is 21.0. The molecule has 2 N–H and O–H groups in total. The Labute approximate surface area is 179 Å². The SMILES string of the molecule is CCNC(=NCC(C)c1ccsc1)NC1CC2CCC(C1)N2C(=O)OC(C)(C)C. The third-order valence-corrected chi connectivity index (χ3v) is 6.36. The summed E-state index contributed by atoms with van der Waals surface area (Å²) in [7, 11) is 0. The molecule has 3 atom stereocenters. The van der Waals surface area contributed by atoms with Crippen LogP contribution in [0.2, 0.25) is 0 Å². The topological polar surface area (TPSA) is 66.0 Å². The molecule has 1 aromatic heterocycles. The number of thiophene rings is 1. The maximum Gasteiger partial charge on any atom is 0.410 e. The summed E-state index contributed by atoms with van der Waals surface area (Å²) in [6.07, 6.45) is 3.85. The average Bonchev–Trinajstić information content (AvgIpc) is 3.25. The van der Waals surface area contributed by atoms with Crippen molar-refractivity contribution in [1.29, 1.82) is 0 Å². The number of carbonyl (C=O) groups is 1. The zero-order valence-corrected chi connectivity index (χ0v) is 19.2. The number of hydrogen-bond donors (Lipinski definition) is 2. The summed E-state index contributed by atoms with van der Waals surface area (Å²) in [5.41, 5.74) is 0.897. The maximum atomic E-state index is 12.6. The van der Waals surface area contributed by atoms with Gasteiger partial charge in [0.05, 0.1) is 0 Å². The van der Waals surface area contributed by atoms with Crippen LogP contribution in [0.1, 0.15) is 71.8 Å². The minimum atomic E-state index is -0.449. The van der Waals surface area contributed by atoms with E-state index >= 15 is 0 Å². The van der Waals surface area contributed by atoms with Crippen molar-refractivity contribution in [1.82, 2.24) is 15.5 Å². The van der Waals surface area contributed by atoms with E-state index in [-0.39, 0.29) is 18.2 Å². The van der Waals surface area contributed by atoms with Gasteiger partial charge in [-0.2, -0.15) is 11.3 Å². The first-order valence-corrected chi connectivity index (χ1v) is 11.8. The Bertz CT molecular complexity index is 684. The lowest BCUT2D eigenvalue weighted by atomic mass is 9.98. The van der Waals surface area contributed by atoms with Crippen molar-refractivity contribution in [2.75, 3.05) is 13.1 Å². The fraction of sp³-hybridized carbons (Fsp3) is 0.727. The fourth-order valence-electron chi connectivity index (χ4n) is 4.31. The smallest absolute Gasteiger partial charge is 0.410 e. The Morgan fingerprint density at radius 3 is 2.59 bits per heavy atom. The van der Waals surface area contributed by atoms with Crippen molar-refractivity contribution >= 4 is 23.4 Å². The Balaban J connectivity index is 1.58. The number of piperidine rings is 1. The summed E-state index contributed by atoms with van der Waals surface area (Å²) >= 11 is 1.73. The van der Waals surface area contributed by atoms with Crippen LogP contribution in [0.4, 0.5) is 4.79 Å². The van der Waals surface area contributed by atoms with Crippen molar-refractivity contribution in [3.05, 3.63) is 22.4 Å². The number of amides is 1. The molecule has 1 amide bonds. The molecule has 0 saturated carbocycles. The third kappa shape index (κ3) is 5.87. The van der Waals surface area contributed by atoms with Crippen LogP contribution in [0.3, 0.4) is 0 Å². The number of aliphatic imine (C=N–C) groups is 1. The van der Waals surface area contributed by atoms with Crippen molar-refractivity contribution in [2.24, 2.45) is 4.99 Å². The third-order valence-electron chi connectivity index (χ3n) is 5.66. The summed E-state index contributed by atoms with van der Waals surface area (Å²) in [4.78, 5) is 19.5. The monoisotopic (exact) mass is 420 g/mol. The van der Waals surface area contributed by atoms with Crippen LogP contribution < -0.4 is 10.6 Å². The highest BCUT2D eigenvalue weighted by Crippen LogP contribution is 2.36. The number of rotatable bonds is 5. The number of carbonyl (C=O) groups excluding carboxylic acids is 1. The molecule has 3 heterocycles. The van der Waals surface area contributed by atoms with E-state index in [9.17, 15) is 4.79 Å². The largest absolute Gasteiger partial charge is 0.444 e. The first kappa shape index (κ1) is 21.9. The second-order valence-electron chi connectivity index (χ2n) is 9.26. The molecule has 1 aromatic rings. The zero-order valence-electron chi connectivity index (χ0n) is 18.4. The molecule has 0 spiro atoms. The Morgan fingerprint density at radius 2 is 2.03 bits per heavy atom. The number of hydrogen-bond acceptors (Lipinski definition) is 4. The standard InChI is InChI=1S/C22H36N4O2S/c1-6-23-20(24-13-15(2)16-9-10-29-14-16)25-17-11-18-7-8-19(12-17)26(18)21(27)28-22(3,4)5/h9-10,14-15,17-19H,6-8,11-13H2,1-5H3,(H2,23,24,25). The Kier molecular flexibility index (Phi) is 7.09. The predicted molar refractivity (Wildman–Crippen MR) is 120 cm³/mol. The van der Waals surface area contributed by atoms with E-state index < -0.39 is 5.60 Å². The first-order valence-electron chi connectivity index (χ1n) is 10.8. The van der Waals surface area contributed by atoms with E-state index in [2.05, 4.69) is 41.3 Å². The Hall–Kier alpha value is -1.76. The molecule has 2 aliphatic heterocycles. The van der Waals surface area contributed by atoms with Gasteiger partial charge in [0.15, 0.2) is 5.96 Å². The second-order valence-corrected chi connectivity index (χ2v) is 10.0. The normalized spacial score (nSPS) is 25.6. The van der Waals surface area contributed by atoms with E-state index in [1.807, 2.05) is 25.7 Å². The van der Waals surface area contributed by atoms with E-state index in [1.54, 1.807) is 11.3 Å². The van der Waals surface area contributed by atoms with E-state index in [1.165, 1.54) is 5.56 Å². The van der Waals surface area contributed by atoms with Crippen molar-refractivity contribution < 1.29 is 9.53 Å². The highest BCUT2D eigenvalue weighted by molar-refractivity contribution is 7.07. The number of guanidine groups is 1. The van der Waals surface area contributed by atoms with E-state index in [0.29, 0.717) is 12.0 Å². The molecule has 162 valence electrons. The molecule has 0 aliphatic carbocycles. The first-order chi connectivity index (χ1) is 13.8. The van der Waals surface area contributed by atoms with Crippen molar-refractivity contribution in [3.8, 4) is 0 Å². The lowest BCUT2D eigenvalue weighted by Crippen LogP contribution is -2.55. The van der Waals surface area contributed by atoms with Crippen molar-refractivity contribution in [2.45, 2.75) is 89.9 Å². The van der Waals surface area contributed by atoms with Gasteiger partial charge in [-0.1, -0.05) is 6.92 Å². The molecule has 3 rings (SSSR count). The van der Waals surface area contributed by atoms with Crippen LogP contribution in [0.5, 0.6) is 0 Å². The summed E-state index contributed by atoms with van der Waals surface area (Å²) in [6, 6.07) is 3.03. The van der Waals surface area contributed by atoms with E-state index in [0.717, 1.165) is 44.7 Å². The highest BCUT2D eigenvalue weighted by Gasteiger charge is 2.45. The minimum Gasteiger partial charge on any atom is -0.444 e. The van der Waals surface area contributed by atoms with Gasteiger partial charge < -0.3 is 20.3 Å². The molecule has 7 heteroatoms. The number of nitrogens with one attached hydrogen (secondary N) is 2.